The van der Waals surface area contributed by atoms with Crippen LogP contribution in [0.3, 0.4) is 0 Å². The van der Waals surface area contributed by atoms with Gasteiger partial charge in [-0.25, -0.2) is 8.42 Å². The van der Waals surface area contributed by atoms with Crippen molar-refractivity contribution in [2.75, 3.05) is 24.6 Å². The highest BCUT2D eigenvalue weighted by molar-refractivity contribution is 7.91. The van der Waals surface area contributed by atoms with Crippen molar-refractivity contribution in [2.24, 2.45) is 0 Å². The molecular formula is C18H21N5O4S. The summed E-state index contributed by atoms with van der Waals surface area (Å²) in [7, 11) is -3.34. The molecule has 2 fully saturated rings. The topological polar surface area (TPSA) is 105 Å². The van der Waals surface area contributed by atoms with Gasteiger partial charge in [0.15, 0.2) is 9.84 Å². The molecule has 2 amide bonds. The molecule has 2 aromatic rings. The van der Waals surface area contributed by atoms with E-state index in [1.807, 2.05) is 6.92 Å². The zero-order valence-electron chi connectivity index (χ0n) is 15.4. The van der Waals surface area contributed by atoms with Gasteiger partial charge in [0.1, 0.15) is 12.2 Å². The number of rotatable bonds is 3. The Morgan fingerprint density at radius 1 is 1.11 bits per heavy atom. The van der Waals surface area contributed by atoms with Crippen LogP contribution in [0.2, 0.25) is 0 Å². The Morgan fingerprint density at radius 2 is 1.82 bits per heavy atom. The van der Waals surface area contributed by atoms with E-state index in [1.54, 1.807) is 44.9 Å². The first-order chi connectivity index (χ1) is 13.3. The lowest BCUT2D eigenvalue weighted by Gasteiger charge is -2.43. The molecule has 0 N–H and O–H groups in total. The van der Waals surface area contributed by atoms with Crippen LogP contribution in [0.15, 0.2) is 36.7 Å². The van der Waals surface area contributed by atoms with Crippen molar-refractivity contribution in [1.82, 2.24) is 24.6 Å². The highest BCUT2D eigenvalue weighted by atomic mass is 32.2. The molecule has 0 spiro atoms. The number of carbonyl (C=O) groups is 2. The number of hydrogen-bond acceptors (Lipinski definition) is 6. The molecule has 0 aromatic carbocycles. The van der Waals surface area contributed by atoms with Gasteiger partial charge in [-0.3, -0.25) is 19.3 Å². The largest absolute Gasteiger partial charge is 0.333 e. The van der Waals surface area contributed by atoms with E-state index < -0.39 is 21.9 Å². The number of amides is 2. The van der Waals surface area contributed by atoms with Crippen LogP contribution in [0, 0.1) is 6.92 Å². The third-order valence-electron chi connectivity index (χ3n) is 5.21. The van der Waals surface area contributed by atoms with Crippen molar-refractivity contribution < 1.29 is 18.0 Å². The zero-order valence-corrected chi connectivity index (χ0v) is 16.2. The molecule has 4 rings (SSSR count). The fourth-order valence-electron chi connectivity index (χ4n) is 3.93. The summed E-state index contributed by atoms with van der Waals surface area (Å²) in [5, 5.41) is 4.22. The Morgan fingerprint density at radius 3 is 2.46 bits per heavy atom. The monoisotopic (exact) mass is 403 g/mol. The first kappa shape index (κ1) is 18.6. The second-order valence-corrected chi connectivity index (χ2v) is 9.32. The summed E-state index contributed by atoms with van der Waals surface area (Å²) in [5.41, 5.74) is 1.08. The molecule has 0 bridgehead atoms. The Balaban J connectivity index is 1.57. The van der Waals surface area contributed by atoms with Gasteiger partial charge in [-0.1, -0.05) is 6.07 Å². The van der Waals surface area contributed by atoms with Gasteiger partial charge >= 0.3 is 0 Å². The lowest BCUT2D eigenvalue weighted by Crippen LogP contribution is -2.62. The summed E-state index contributed by atoms with van der Waals surface area (Å²) in [6.45, 7) is 2.44. The summed E-state index contributed by atoms with van der Waals surface area (Å²) < 4.78 is 26.2. The van der Waals surface area contributed by atoms with Crippen molar-refractivity contribution in [2.45, 2.75) is 25.6 Å². The average Bonchev–Trinajstić information content (AvgIpc) is 3.22. The zero-order chi connectivity index (χ0) is 19.9. The predicted molar refractivity (Wildman–Crippen MR) is 100 cm³/mol. The fraction of sp³-hybridized carbons (Fsp3) is 0.444. The van der Waals surface area contributed by atoms with Gasteiger partial charge in [0, 0.05) is 25.5 Å². The van der Waals surface area contributed by atoms with Crippen molar-refractivity contribution in [3.8, 4) is 0 Å². The first-order valence-electron chi connectivity index (χ1n) is 9.06. The van der Waals surface area contributed by atoms with E-state index in [0.29, 0.717) is 0 Å². The van der Waals surface area contributed by atoms with Gasteiger partial charge in [-0.15, -0.1) is 0 Å². The minimum Gasteiger partial charge on any atom is -0.333 e. The van der Waals surface area contributed by atoms with Gasteiger partial charge in [0.2, 0.25) is 5.91 Å². The molecule has 28 heavy (non-hydrogen) atoms. The number of pyridine rings is 1. The number of fused-ring (bicyclic) bond motifs is 1. The predicted octanol–water partition coefficient (Wildman–Crippen LogP) is -0.263. The molecule has 2 aliphatic heterocycles. The number of piperazine rings is 1. The molecule has 0 unspecified atom stereocenters. The van der Waals surface area contributed by atoms with E-state index in [-0.39, 0.29) is 48.6 Å². The lowest BCUT2D eigenvalue weighted by atomic mass is 10.0. The Bertz CT molecular complexity index is 1000. The van der Waals surface area contributed by atoms with E-state index in [1.165, 1.54) is 6.20 Å². The summed E-state index contributed by atoms with van der Waals surface area (Å²) in [4.78, 5) is 32.9. The molecular weight excluding hydrogens is 382 g/mol. The number of nitrogens with zero attached hydrogens (tertiary/aromatic N) is 5. The Kier molecular flexibility index (Phi) is 4.66. The quantitative estimate of drug-likeness (QED) is 0.699. The summed E-state index contributed by atoms with van der Waals surface area (Å²) >= 11 is 0. The second kappa shape index (κ2) is 7.01. The van der Waals surface area contributed by atoms with Crippen molar-refractivity contribution in [1.29, 1.82) is 0 Å². The van der Waals surface area contributed by atoms with Gasteiger partial charge in [-0.2, -0.15) is 5.10 Å². The molecule has 0 radical (unpaired) electrons. The summed E-state index contributed by atoms with van der Waals surface area (Å²) in [6.07, 6.45) is 3.25. The maximum absolute atomic E-state index is 12.9. The van der Waals surface area contributed by atoms with E-state index >= 15 is 0 Å². The number of aromatic nitrogens is 3. The molecule has 2 atom stereocenters. The fourth-order valence-corrected chi connectivity index (χ4v) is 5.91. The summed E-state index contributed by atoms with van der Waals surface area (Å²) in [6, 6.07) is 5.74. The van der Waals surface area contributed by atoms with Crippen LogP contribution in [0.25, 0.3) is 0 Å². The standard InChI is InChI=1S/C18H21N5O4S/c1-13-5-7-21(20-13)10-17(24)22-8-9-23(16-12-28(26,27)11-15(16)22)18(25)14-4-2-3-6-19-14/h2-7,15-16H,8-12H2,1H3/t15-,16+/m0/s1. The summed E-state index contributed by atoms with van der Waals surface area (Å²) in [5.74, 6) is -0.767. The maximum atomic E-state index is 12.9. The highest BCUT2D eigenvalue weighted by Crippen LogP contribution is 2.28. The van der Waals surface area contributed by atoms with Crippen molar-refractivity contribution in [3.05, 3.63) is 48.0 Å². The Labute approximate surface area is 162 Å². The van der Waals surface area contributed by atoms with Crippen LogP contribution in [0.1, 0.15) is 16.2 Å². The molecule has 9 nitrogen and oxygen atoms in total. The normalized spacial score (nSPS) is 23.5. The molecule has 2 aromatic heterocycles. The van der Waals surface area contributed by atoms with Gasteiger partial charge in [0.25, 0.3) is 5.91 Å². The van der Waals surface area contributed by atoms with E-state index in [9.17, 15) is 18.0 Å². The Hall–Kier alpha value is -2.75. The molecule has 0 saturated carbocycles. The van der Waals surface area contributed by atoms with Gasteiger partial charge < -0.3 is 9.80 Å². The van der Waals surface area contributed by atoms with E-state index in [4.69, 9.17) is 0 Å². The SMILES string of the molecule is Cc1ccn(CC(=O)N2CCN(C(=O)c3ccccn3)[C@@H]3CS(=O)(=O)C[C@@H]32)n1. The van der Waals surface area contributed by atoms with Crippen molar-refractivity contribution in [3.63, 3.8) is 0 Å². The van der Waals surface area contributed by atoms with Crippen LogP contribution < -0.4 is 0 Å². The number of aryl methyl sites for hydroxylation is 1. The third-order valence-corrected chi connectivity index (χ3v) is 6.91. The smallest absolute Gasteiger partial charge is 0.272 e. The lowest BCUT2D eigenvalue weighted by molar-refractivity contribution is -0.137. The van der Waals surface area contributed by atoms with Crippen LogP contribution in [-0.2, 0) is 21.2 Å². The minimum absolute atomic E-state index is 0.0469. The molecule has 10 heteroatoms. The molecule has 2 aliphatic rings. The van der Waals surface area contributed by atoms with E-state index in [2.05, 4.69) is 10.1 Å². The number of carbonyl (C=O) groups excluding carboxylic acids is 2. The molecule has 148 valence electrons. The van der Waals surface area contributed by atoms with Crippen LogP contribution in [0.5, 0.6) is 0 Å². The van der Waals surface area contributed by atoms with Gasteiger partial charge in [-0.05, 0) is 25.1 Å². The van der Waals surface area contributed by atoms with Crippen LogP contribution in [0.4, 0.5) is 0 Å². The minimum atomic E-state index is -3.34. The number of hydrogen-bond donors (Lipinski definition) is 0. The third kappa shape index (κ3) is 3.51. The van der Waals surface area contributed by atoms with E-state index in [0.717, 1.165) is 5.69 Å². The number of sulfone groups is 1. The van der Waals surface area contributed by atoms with Crippen LogP contribution in [-0.4, -0.2) is 81.5 Å². The van der Waals surface area contributed by atoms with Crippen LogP contribution >= 0.6 is 0 Å². The van der Waals surface area contributed by atoms with Gasteiger partial charge in [0.05, 0.1) is 29.3 Å². The average molecular weight is 403 g/mol. The highest BCUT2D eigenvalue weighted by Gasteiger charge is 2.49. The first-order valence-corrected chi connectivity index (χ1v) is 10.9. The van der Waals surface area contributed by atoms with Crippen molar-refractivity contribution >= 4 is 21.7 Å². The molecule has 0 aliphatic carbocycles. The second-order valence-electron chi connectivity index (χ2n) is 7.17. The molecule has 2 saturated heterocycles. The molecule has 4 heterocycles. The maximum Gasteiger partial charge on any atom is 0.272 e.